The van der Waals surface area contributed by atoms with E-state index in [0.29, 0.717) is 45.8 Å². The van der Waals surface area contributed by atoms with Crippen molar-refractivity contribution >= 4 is 41.1 Å². The van der Waals surface area contributed by atoms with Gasteiger partial charge in [-0.3, -0.25) is 14.6 Å². The van der Waals surface area contributed by atoms with Crippen LogP contribution < -0.4 is 0 Å². The molecule has 0 saturated heterocycles. The first-order valence-corrected chi connectivity index (χ1v) is 12.3. The van der Waals surface area contributed by atoms with Crippen molar-refractivity contribution < 1.29 is 9.59 Å². The Morgan fingerprint density at radius 3 is 2.21 bits per heavy atom. The van der Waals surface area contributed by atoms with Gasteiger partial charge in [-0.15, -0.1) is 0 Å². The highest BCUT2D eigenvalue weighted by Crippen LogP contribution is 2.46. The van der Waals surface area contributed by atoms with Crippen molar-refractivity contribution in [3.8, 4) is 0 Å². The number of rotatable bonds is 5. The van der Waals surface area contributed by atoms with Gasteiger partial charge in [0.1, 0.15) is 17.7 Å². The van der Waals surface area contributed by atoms with Crippen LogP contribution in [-0.2, 0) is 11.2 Å². The van der Waals surface area contributed by atoms with E-state index in [2.05, 4.69) is 20.8 Å². The number of halogens is 2. The fraction of sp³-hybridized carbons (Fsp3) is 0.444. The first-order valence-electron chi connectivity index (χ1n) is 11.5. The van der Waals surface area contributed by atoms with Crippen LogP contribution in [0.15, 0.2) is 47.5 Å². The summed E-state index contributed by atoms with van der Waals surface area (Å²) in [5.74, 6) is 0.544. The van der Waals surface area contributed by atoms with Gasteiger partial charge in [0, 0.05) is 27.7 Å². The highest BCUT2D eigenvalue weighted by atomic mass is 35.5. The smallest absolute Gasteiger partial charge is 0.274 e. The highest BCUT2D eigenvalue weighted by molar-refractivity contribution is 6.47. The van der Waals surface area contributed by atoms with Crippen LogP contribution in [0.4, 0.5) is 0 Å². The lowest BCUT2D eigenvalue weighted by molar-refractivity contribution is -0.129. The van der Waals surface area contributed by atoms with E-state index in [1.165, 1.54) is 0 Å². The molecule has 2 aromatic rings. The zero-order valence-electron chi connectivity index (χ0n) is 19.4. The van der Waals surface area contributed by atoms with E-state index in [-0.39, 0.29) is 11.3 Å². The predicted molar refractivity (Wildman–Crippen MR) is 134 cm³/mol. The summed E-state index contributed by atoms with van der Waals surface area (Å²) >= 11 is 12.5. The predicted octanol–water partition coefficient (Wildman–Crippen LogP) is 6.61. The third kappa shape index (κ3) is 5.02. The maximum Gasteiger partial charge on any atom is 0.274 e. The topological polar surface area (TPSA) is 49.7 Å². The van der Waals surface area contributed by atoms with Crippen LogP contribution in [0.2, 0.25) is 10.0 Å². The molecule has 1 saturated carbocycles. The molecule has 1 fully saturated rings. The standard InChI is InChI=1S/C27H30Cl2N2O2/c1-26(2,3)21-8-11-27(12-9-21)30-24(20-14-22(28)16-23(29)15-20)25(33)31(27)13-10-18-4-6-19(17-32)7-5-18/h4-7,14-17,21H,8-13H2,1-3H3. The number of amides is 1. The fourth-order valence-electron chi connectivity index (χ4n) is 5.15. The number of carbonyl (C=O) groups excluding carboxylic acids is 2. The molecule has 4 nitrogen and oxygen atoms in total. The molecule has 0 N–H and O–H groups in total. The minimum Gasteiger partial charge on any atom is -0.312 e. The van der Waals surface area contributed by atoms with Crippen LogP contribution in [0.5, 0.6) is 0 Å². The van der Waals surface area contributed by atoms with E-state index < -0.39 is 5.66 Å². The number of hydrogen-bond acceptors (Lipinski definition) is 3. The van der Waals surface area contributed by atoms with E-state index in [1.807, 2.05) is 29.2 Å². The Hall–Kier alpha value is -2.17. The van der Waals surface area contributed by atoms with Gasteiger partial charge in [-0.1, -0.05) is 68.2 Å². The van der Waals surface area contributed by atoms with E-state index in [9.17, 15) is 9.59 Å². The largest absolute Gasteiger partial charge is 0.312 e. The number of carbonyl (C=O) groups is 2. The summed E-state index contributed by atoms with van der Waals surface area (Å²) < 4.78 is 0. The van der Waals surface area contributed by atoms with Crippen molar-refractivity contribution in [1.82, 2.24) is 4.90 Å². The van der Waals surface area contributed by atoms with E-state index in [1.54, 1.807) is 18.2 Å². The van der Waals surface area contributed by atoms with Crippen molar-refractivity contribution in [2.45, 2.75) is 58.5 Å². The van der Waals surface area contributed by atoms with Crippen LogP contribution in [0.3, 0.4) is 0 Å². The number of aliphatic imine (C=N–C) groups is 1. The Morgan fingerprint density at radius 2 is 1.67 bits per heavy atom. The van der Waals surface area contributed by atoms with Gasteiger partial charge in [-0.25, -0.2) is 0 Å². The van der Waals surface area contributed by atoms with Crippen LogP contribution in [0.1, 0.15) is 67.9 Å². The molecule has 4 rings (SSSR count). The number of benzene rings is 2. The Balaban J connectivity index is 1.63. The van der Waals surface area contributed by atoms with Gasteiger partial charge in [0.25, 0.3) is 5.91 Å². The van der Waals surface area contributed by atoms with Gasteiger partial charge in [0.15, 0.2) is 0 Å². The van der Waals surface area contributed by atoms with Crippen molar-refractivity contribution in [1.29, 1.82) is 0 Å². The van der Waals surface area contributed by atoms with Crippen LogP contribution in [0.25, 0.3) is 0 Å². The summed E-state index contributed by atoms with van der Waals surface area (Å²) in [7, 11) is 0. The Morgan fingerprint density at radius 1 is 1.06 bits per heavy atom. The molecular weight excluding hydrogens is 455 g/mol. The Kier molecular flexibility index (Phi) is 6.70. The first kappa shape index (κ1) is 24.0. The summed E-state index contributed by atoms with van der Waals surface area (Å²) in [5, 5.41) is 0.986. The number of aldehydes is 1. The zero-order chi connectivity index (χ0) is 23.8. The Bertz CT molecular complexity index is 1060. The number of nitrogens with zero attached hydrogens (tertiary/aromatic N) is 2. The van der Waals surface area contributed by atoms with E-state index in [0.717, 1.165) is 37.5 Å². The molecule has 2 aliphatic rings. The van der Waals surface area contributed by atoms with Gasteiger partial charge >= 0.3 is 0 Å². The second kappa shape index (κ2) is 9.23. The molecule has 0 atom stereocenters. The second-order valence-corrected chi connectivity index (χ2v) is 11.2. The van der Waals surface area contributed by atoms with Crippen LogP contribution in [0, 0.1) is 11.3 Å². The Labute approximate surface area is 206 Å². The first-order chi connectivity index (χ1) is 15.6. The average molecular weight is 485 g/mol. The summed E-state index contributed by atoms with van der Waals surface area (Å²) in [6.45, 7) is 7.44. The van der Waals surface area contributed by atoms with Gasteiger partial charge in [-0.2, -0.15) is 0 Å². The van der Waals surface area contributed by atoms with Crippen LogP contribution in [-0.4, -0.2) is 35.0 Å². The third-order valence-electron chi connectivity index (χ3n) is 7.16. The molecule has 0 aromatic heterocycles. The molecule has 174 valence electrons. The molecule has 0 unspecified atom stereocenters. The van der Waals surface area contributed by atoms with Gasteiger partial charge in [0.2, 0.25) is 0 Å². The fourth-order valence-corrected chi connectivity index (χ4v) is 5.68. The molecule has 1 aliphatic heterocycles. The van der Waals surface area contributed by atoms with Crippen molar-refractivity contribution in [2.75, 3.05) is 6.54 Å². The molecule has 1 spiro atoms. The molecular formula is C27H30Cl2N2O2. The summed E-state index contributed by atoms with van der Waals surface area (Å²) in [6.07, 6.45) is 5.31. The quantitative estimate of drug-likeness (QED) is 0.448. The maximum absolute atomic E-state index is 13.7. The molecule has 1 heterocycles. The highest BCUT2D eigenvalue weighted by Gasteiger charge is 2.49. The van der Waals surface area contributed by atoms with E-state index >= 15 is 0 Å². The molecule has 1 amide bonds. The molecule has 33 heavy (non-hydrogen) atoms. The normalized spacial score (nSPS) is 23.2. The van der Waals surface area contributed by atoms with Crippen molar-refractivity contribution in [2.24, 2.45) is 16.3 Å². The number of hydrogen-bond donors (Lipinski definition) is 0. The third-order valence-corrected chi connectivity index (χ3v) is 7.59. The summed E-state index contributed by atoms with van der Waals surface area (Å²) in [5.41, 5.74) is 2.58. The molecule has 6 heteroatoms. The van der Waals surface area contributed by atoms with Crippen LogP contribution >= 0.6 is 23.2 Å². The van der Waals surface area contributed by atoms with Crippen molar-refractivity contribution in [3.63, 3.8) is 0 Å². The lowest BCUT2D eigenvalue weighted by Crippen LogP contribution is -2.50. The van der Waals surface area contributed by atoms with Gasteiger partial charge in [-0.05, 0) is 67.2 Å². The van der Waals surface area contributed by atoms with Gasteiger partial charge in [0.05, 0.1) is 0 Å². The molecule has 2 aromatic carbocycles. The average Bonchev–Trinajstić information content (AvgIpc) is 3.02. The van der Waals surface area contributed by atoms with E-state index in [4.69, 9.17) is 28.2 Å². The van der Waals surface area contributed by atoms with Crippen molar-refractivity contribution in [3.05, 3.63) is 69.2 Å². The van der Waals surface area contributed by atoms with Gasteiger partial charge < -0.3 is 4.90 Å². The SMILES string of the molecule is CC(C)(C)C1CCC2(CC1)N=C(c1cc(Cl)cc(Cl)c1)C(=O)N2CCc1ccc(C=O)cc1. The maximum atomic E-state index is 13.7. The minimum absolute atomic E-state index is 0.0629. The summed E-state index contributed by atoms with van der Waals surface area (Å²) in [6, 6.07) is 12.7. The molecule has 1 aliphatic carbocycles. The lowest BCUT2D eigenvalue weighted by Gasteiger charge is -2.45. The monoisotopic (exact) mass is 484 g/mol. The molecule has 0 bridgehead atoms. The lowest BCUT2D eigenvalue weighted by atomic mass is 9.69. The minimum atomic E-state index is -0.522. The zero-order valence-corrected chi connectivity index (χ0v) is 20.9. The second-order valence-electron chi connectivity index (χ2n) is 10.3. The summed E-state index contributed by atoms with van der Waals surface area (Å²) in [4.78, 5) is 31.7. The molecule has 0 radical (unpaired) electrons.